The first kappa shape index (κ1) is 22.7. The predicted octanol–water partition coefficient (Wildman–Crippen LogP) is -0.963. The molecule has 0 aliphatic heterocycles. The molecule has 142 valence electrons. The Bertz CT molecular complexity index is 394. The highest BCUT2D eigenvalue weighted by atomic mass is 16.6. The van der Waals surface area contributed by atoms with Crippen LogP contribution in [0.15, 0.2) is 0 Å². The van der Waals surface area contributed by atoms with E-state index in [0.717, 1.165) is 0 Å². The molecule has 0 spiro atoms. The quantitative estimate of drug-likeness (QED) is 0.161. The molecule has 3 unspecified atom stereocenters. The molecule has 0 heterocycles. The van der Waals surface area contributed by atoms with Gasteiger partial charge >= 0.3 is 11.9 Å². The zero-order chi connectivity index (χ0) is 18.8. The molecule has 0 saturated heterocycles. The summed E-state index contributed by atoms with van der Waals surface area (Å²) in [5.41, 5.74) is 10.5. The number of ether oxygens (including phenoxy) is 1. The number of aliphatic hydroxyl groups excluding tert-OH is 1. The lowest BCUT2D eigenvalue weighted by Gasteiger charge is -2.44. The zero-order valence-electron chi connectivity index (χ0n) is 14.8. The van der Waals surface area contributed by atoms with E-state index in [1.807, 2.05) is 0 Å². The lowest BCUT2D eigenvalue weighted by Crippen LogP contribution is -2.72. The lowest BCUT2D eigenvalue weighted by atomic mass is 9.97. The van der Waals surface area contributed by atoms with Gasteiger partial charge in [0.05, 0.1) is 6.10 Å². The Hall–Kier alpha value is -1.26. The number of unbranched alkanes of at least 4 members (excludes halogenated alkanes) is 1. The Morgan fingerprint density at radius 1 is 1.29 bits per heavy atom. The molecule has 0 rings (SSSR count). The minimum Gasteiger partial charge on any atom is -0.481 e. The van der Waals surface area contributed by atoms with Gasteiger partial charge < -0.3 is 26.4 Å². The normalized spacial score (nSPS) is 16.5. The average molecular weight is 348 g/mol. The molecule has 0 saturated carbocycles. The fourth-order valence-corrected chi connectivity index (χ4v) is 2.28. The van der Waals surface area contributed by atoms with E-state index < -0.39 is 29.9 Å². The van der Waals surface area contributed by atoms with Crippen molar-refractivity contribution in [3.63, 3.8) is 0 Å². The van der Waals surface area contributed by atoms with E-state index in [1.165, 1.54) is 0 Å². The largest absolute Gasteiger partial charge is 0.481 e. The fourth-order valence-electron chi connectivity index (χ4n) is 2.28. The monoisotopic (exact) mass is 348 g/mol. The van der Waals surface area contributed by atoms with Gasteiger partial charge in [0.1, 0.15) is 5.66 Å². The summed E-state index contributed by atoms with van der Waals surface area (Å²) in [6.07, 6.45) is -0.601. The van der Waals surface area contributed by atoms with E-state index in [1.54, 1.807) is 25.9 Å². The van der Waals surface area contributed by atoms with Gasteiger partial charge in [0.25, 0.3) is 0 Å². The molecule has 0 aliphatic rings. The van der Waals surface area contributed by atoms with Gasteiger partial charge in [-0.1, -0.05) is 6.92 Å². The molecule has 0 aliphatic carbocycles. The molecule has 0 fully saturated rings. The number of carbonyl (C=O) groups excluding carboxylic acids is 1. The molecular formula is C15H32N4O5. The van der Waals surface area contributed by atoms with E-state index in [2.05, 4.69) is 5.32 Å². The molecule has 0 aromatic carbocycles. The smallest absolute Gasteiger partial charge is 0.307 e. The second-order valence-corrected chi connectivity index (χ2v) is 5.92. The van der Waals surface area contributed by atoms with Gasteiger partial charge in [0, 0.05) is 25.9 Å². The second kappa shape index (κ2) is 11.3. The Balaban J connectivity index is 4.90. The summed E-state index contributed by atoms with van der Waals surface area (Å²) in [4.78, 5) is 24.1. The van der Waals surface area contributed by atoms with E-state index in [0.29, 0.717) is 32.4 Å². The molecule has 0 bridgehead atoms. The molecule has 0 amide bonds. The van der Waals surface area contributed by atoms with Crippen LogP contribution >= 0.6 is 0 Å². The first-order valence-corrected chi connectivity index (χ1v) is 8.19. The van der Waals surface area contributed by atoms with Crippen LogP contribution in [0, 0.1) is 0 Å². The van der Waals surface area contributed by atoms with Crippen LogP contribution < -0.4 is 16.8 Å². The van der Waals surface area contributed by atoms with E-state index in [9.17, 15) is 14.7 Å². The number of nitrogens with one attached hydrogen (secondary N) is 1. The maximum Gasteiger partial charge on any atom is 0.307 e. The number of esters is 1. The van der Waals surface area contributed by atoms with Crippen LogP contribution in [0.25, 0.3) is 0 Å². The SMILES string of the molecule is CCC(O)C(N)(C(NCCN)OC(=O)CCCCC(=O)O)N(C)C. The summed E-state index contributed by atoms with van der Waals surface area (Å²) in [6, 6.07) is 0. The van der Waals surface area contributed by atoms with Crippen molar-refractivity contribution in [3.8, 4) is 0 Å². The standard InChI is InChI=1S/C15H32N4O5/c1-4-11(20)15(17,19(2)3)14(18-10-9-16)24-13(23)8-6-5-7-12(21)22/h11,14,18,20H,4-10,16-17H2,1-3H3,(H,21,22). The predicted molar refractivity (Wildman–Crippen MR) is 89.9 cm³/mol. The van der Waals surface area contributed by atoms with Gasteiger partial charge in [-0.2, -0.15) is 0 Å². The van der Waals surface area contributed by atoms with Crippen molar-refractivity contribution in [2.45, 2.75) is 57.0 Å². The van der Waals surface area contributed by atoms with Crippen molar-refractivity contribution < 1.29 is 24.5 Å². The molecule has 0 radical (unpaired) electrons. The number of nitrogens with zero attached hydrogens (tertiary/aromatic N) is 1. The Labute approximate surface area is 143 Å². The van der Waals surface area contributed by atoms with Crippen LogP contribution in [-0.2, 0) is 14.3 Å². The number of likely N-dealkylation sites (N-methyl/N-ethyl adjacent to an activating group) is 1. The lowest BCUT2D eigenvalue weighted by molar-refractivity contribution is -0.169. The van der Waals surface area contributed by atoms with Gasteiger partial charge in [-0.15, -0.1) is 0 Å². The molecule has 7 N–H and O–H groups in total. The number of rotatable bonds is 13. The summed E-state index contributed by atoms with van der Waals surface area (Å²) in [5, 5.41) is 21.9. The van der Waals surface area contributed by atoms with Crippen molar-refractivity contribution in [2.24, 2.45) is 11.5 Å². The van der Waals surface area contributed by atoms with Crippen LogP contribution in [0.3, 0.4) is 0 Å². The third-order valence-corrected chi connectivity index (χ3v) is 3.86. The first-order valence-electron chi connectivity index (χ1n) is 8.19. The Kier molecular flexibility index (Phi) is 10.7. The molecular weight excluding hydrogens is 316 g/mol. The van der Waals surface area contributed by atoms with Crippen molar-refractivity contribution in [2.75, 3.05) is 27.2 Å². The molecule has 0 aromatic rings. The third-order valence-electron chi connectivity index (χ3n) is 3.86. The number of carboxylic acid groups (broad SMARTS) is 1. The number of hydrogen-bond donors (Lipinski definition) is 5. The molecule has 9 heteroatoms. The molecule has 9 nitrogen and oxygen atoms in total. The molecule has 24 heavy (non-hydrogen) atoms. The Morgan fingerprint density at radius 3 is 2.33 bits per heavy atom. The minimum atomic E-state index is -1.32. The van der Waals surface area contributed by atoms with Crippen LogP contribution in [0.5, 0.6) is 0 Å². The number of carboxylic acids is 1. The first-order chi connectivity index (χ1) is 11.2. The molecule has 0 aromatic heterocycles. The van der Waals surface area contributed by atoms with Crippen molar-refractivity contribution in [1.82, 2.24) is 10.2 Å². The van der Waals surface area contributed by atoms with Crippen molar-refractivity contribution in [3.05, 3.63) is 0 Å². The average Bonchev–Trinajstić information content (AvgIpc) is 2.53. The second-order valence-electron chi connectivity index (χ2n) is 5.92. The summed E-state index contributed by atoms with van der Waals surface area (Å²) < 4.78 is 5.43. The summed E-state index contributed by atoms with van der Waals surface area (Å²) >= 11 is 0. The highest BCUT2D eigenvalue weighted by Crippen LogP contribution is 2.20. The van der Waals surface area contributed by atoms with Crippen LogP contribution in [-0.4, -0.2) is 72.2 Å². The summed E-state index contributed by atoms with van der Waals surface area (Å²) in [5.74, 6) is -1.40. The number of nitrogens with two attached hydrogens (primary N) is 2. The molecule has 3 atom stereocenters. The van der Waals surface area contributed by atoms with Gasteiger partial charge in [0.15, 0.2) is 6.23 Å². The van der Waals surface area contributed by atoms with E-state index in [-0.39, 0.29) is 12.8 Å². The van der Waals surface area contributed by atoms with E-state index >= 15 is 0 Å². The van der Waals surface area contributed by atoms with Crippen LogP contribution in [0.1, 0.15) is 39.0 Å². The number of aliphatic hydroxyl groups is 1. The van der Waals surface area contributed by atoms with E-state index in [4.69, 9.17) is 21.3 Å². The van der Waals surface area contributed by atoms with Crippen molar-refractivity contribution in [1.29, 1.82) is 0 Å². The number of hydrogen-bond acceptors (Lipinski definition) is 8. The van der Waals surface area contributed by atoms with Crippen molar-refractivity contribution >= 4 is 11.9 Å². The van der Waals surface area contributed by atoms with Gasteiger partial charge in [-0.05, 0) is 33.4 Å². The maximum atomic E-state index is 12.0. The van der Waals surface area contributed by atoms with Crippen LogP contribution in [0.2, 0.25) is 0 Å². The van der Waals surface area contributed by atoms with Crippen LogP contribution in [0.4, 0.5) is 0 Å². The highest BCUT2D eigenvalue weighted by Gasteiger charge is 2.45. The highest BCUT2D eigenvalue weighted by molar-refractivity contribution is 5.70. The summed E-state index contributed by atoms with van der Waals surface area (Å²) in [7, 11) is 3.38. The fraction of sp³-hybridized carbons (Fsp3) is 0.867. The topological polar surface area (TPSA) is 151 Å². The summed E-state index contributed by atoms with van der Waals surface area (Å²) in [6.45, 7) is 2.46. The minimum absolute atomic E-state index is 0.00913. The Morgan fingerprint density at radius 2 is 1.88 bits per heavy atom. The van der Waals surface area contributed by atoms with Gasteiger partial charge in [-0.25, -0.2) is 0 Å². The van der Waals surface area contributed by atoms with Gasteiger partial charge in [-0.3, -0.25) is 19.8 Å². The number of aliphatic carboxylic acids is 1. The zero-order valence-corrected chi connectivity index (χ0v) is 14.8. The number of carbonyl (C=O) groups is 2. The maximum absolute atomic E-state index is 12.0. The third kappa shape index (κ3) is 7.10. The van der Waals surface area contributed by atoms with Gasteiger partial charge in [0.2, 0.25) is 0 Å².